The van der Waals surface area contributed by atoms with E-state index in [1.165, 1.54) is 6.07 Å². The zero-order valence-electron chi connectivity index (χ0n) is 16.4. The van der Waals surface area contributed by atoms with Crippen LogP contribution < -0.4 is 15.0 Å². The maximum Gasteiger partial charge on any atom is 0.337 e. The summed E-state index contributed by atoms with van der Waals surface area (Å²) in [5, 5.41) is 12.0. The molecule has 2 N–H and O–H groups in total. The van der Waals surface area contributed by atoms with E-state index in [4.69, 9.17) is 9.72 Å². The predicted molar refractivity (Wildman–Crippen MR) is 112 cm³/mol. The van der Waals surface area contributed by atoms with Crippen molar-refractivity contribution in [3.8, 4) is 5.75 Å². The first-order valence-corrected chi connectivity index (χ1v) is 9.50. The largest absolute Gasteiger partial charge is 0.494 e. The number of carboxylic acids is 1. The number of carboxylic acid groups (broad SMARTS) is 1. The average molecular weight is 407 g/mol. The molecule has 9 heteroatoms. The third-order valence-corrected chi connectivity index (χ3v) is 5.03. The average Bonchev–Trinajstić information content (AvgIpc) is 2.78. The fourth-order valence-electron chi connectivity index (χ4n) is 3.43. The van der Waals surface area contributed by atoms with Crippen LogP contribution in [-0.4, -0.2) is 65.3 Å². The van der Waals surface area contributed by atoms with Crippen molar-refractivity contribution in [2.75, 3.05) is 43.5 Å². The number of hydrogen-bond donors (Lipinski definition) is 2. The fraction of sp³-hybridized carbons (Fsp3) is 0.238. The second-order valence-electron chi connectivity index (χ2n) is 6.81. The Labute approximate surface area is 172 Å². The molecular weight excluding hydrogens is 386 g/mol. The van der Waals surface area contributed by atoms with Gasteiger partial charge in [0.15, 0.2) is 0 Å². The van der Waals surface area contributed by atoms with Crippen LogP contribution in [0.1, 0.15) is 10.4 Å². The van der Waals surface area contributed by atoms with Crippen molar-refractivity contribution in [2.45, 2.75) is 0 Å². The third-order valence-electron chi connectivity index (χ3n) is 5.03. The van der Waals surface area contributed by atoms with Crippen LogP contribution in [0.4, 0.5) is 16.3 Å². The van der Waals surface area contributed by atoms with Crippen LogP contribution in [0.2, 0.25) is 0 Å². The number of hydrogen-bond acceptors (Lipinski definition) is 6. The summed E-state index contributed by atoms with van der Waals surface area (Å²) in [4.78, 5) is 36.8. The number of amides is 2. The van der Waals surface area contributed by atoms with E-state index in [0.29, 0.717) is 37.4 Å². The van der Waals surface area contributed by atoms with Gasteiger partial charge in [0.05, 0.1) is 30.1 Å². The predicted octanol–water partition coefficient (Wildman–Crippen LogP) is 2.69. The maximum atomic E-state index is 12.6. The molecule has 154 valence electrons. The van der Waals surface area contributed by atoms with Gasteiger partial charge in [-0.25, -0.2) is 14.6 Å². The van der Waals surface area contributed by atoms with E-state index >= 15 is 0 Å². The third kappa shape index (κ3) is 3.82. The summed E-state index contributed by atoms with van der Waals surface area (Å²) in [6, 6.07) is 11.6. The number of benzene rings is 2. The first-order valence-electron chi connectivity index (χ1n) is 9.50. The van der Waals surface area contributed by atoms with E-state index in [2.05, 4.69) is 15.2 Å². The molecule has 0 saturated carbocycles. The normalized spacial score (nSPS) is 13.9. The van der Waals surface area contributed by atoms with E-state index in [-0.39, 0.29) is 17.3 Å². The van der Waals surface area contributed by atoms with Gasteiger partial charge in [0.25, 0.3) is 0 Å². The molecule has 1 saturated heterocycles. The highest BCUT2D eigenvalue weighted by Crippen LogP contribution is 2.25. The van der Waals surface area contributed by atoms with Crippen LogP contribution in [0, 0.1) is 0 Å². The molecule has 0 spiro atoms. The van der Waals surface area contributed by atoms with Gasteiger partial charge in [-0.3, -0.25) is 4.98 Å². The molecule has 0 atom stereocenters. The number of fused-ring (bicyclic) bond motifs is 1. The zero-order chi connectivity index (χ0) is 21.1. The van der Waals surface area contributed by atoms with Gasteiger partial charge in [0.1, 0.15) is 17.1 Å². The van der Waals surface area contributed by atoms with E-state index < -0.39 is 5.97 Å². The van der Waals surface area contributed by atoms with Gasteiger partial charge in [-0.1, -0.05) is 18.2 Å². The number of carbonyl (C=O) groups is 2. The maximum absolute atomic E-state index is 12.6. The lowest BCUT2D eigenvalue weighted by Gasteiger charge is -2.35. The quantitative estimate of drug-likeness (QED) is 0.685. The number of methoxy groups -OCH3 is 1. The zero-order valence-corrected chi connectivity index (χ0v) is 16.4. The molecular formula is C21H21N5O4. The lowest BCUT2D eigenvalue weighted by atomic mass is 10.2. The molecule has 2 amide bonds. The van der Waals surface area contributed by atoms with Crippen LogP contribution in [0.15, 0.2) is 48.7 Å². The number of ether oxygens (including phenoxy) is 1. The molecule has 0 unspecified atom stereocenters. The van der Waals surface area contributed by atoms with Gasteiger partial charge in [-0.2, -0.15) is 0 Å². The monoisotopic (exact) mass is 407 g/mol. The van der Waals surface area contributed by atoms with Crippen LogP contribution in [0.5, 0.6) is 5.75 Å². The highest BCUT2D eigenvalue weighted by atomic mass is 16.5. The molecule has 30 heavy (non-hydrogen) atoms. The van der Waals surface area contributed by atoms with Crippen molar-refractivity contribution in [1.82, 2.24) is 14.9 Å². The van der Waals surface area contributed by atoms with E-state index in [1.807, 2.05) is 18.2 Å². The van der Waals surface area contributed by atoms with Crippen molar-refractivity contribution < 1.29 is 19.4 Å². The van der Waals surface area contributed by atoms with E-state index in [9.17, 15) is 14.7 Å². The van der Waals surface area contributed by atoms with Gasteiger partial charge < -0.3 is 25.0 Å². The second-order valence-corrected chi connectivity index (χ2v) is 6.81. The number of nitrogens with zero attached hydrogens (tertiary/aromatic N) is 4. The van der Waals surface area contributed by atoms with Crippen molar-refractivity contribution >= 4 is 34.5 Å². The Morgan fingerprint density at radius 2 is 1.83 bits per heavy atom. The number of urea groups is 1. The summed E-state index contributed by atoms with van der Waals surface area (Å²) in [5.74, 6) is 0.307. The number of nitrogens with one attached hydrogen (secondary N) is 1. The van der Waals surface area contributed by atoms with Crippen LogP contribution in [0.3, 0.4) is 0 Å². The Morgan fingerprint density at radius 1 is 1.07 bits per heavy atom. The topological polar surface area (TPSA) is 108 Å². The minimum absolute atomic E-state index is 0.0601. The lowest BCUT2D eigenvalue weighted by molar-refractivity contribution is 0.0698. The van der Waals surface area contributed by atoms with Gasteiger partial charge in [-0.15, -0.1) is 0 Å². The van der Waals surface area contributed by atoms with Crippen molar-refractivity contribution in [3.63, 3.8) is 0 Å². The Morgan fingerprint density at radius 3 is 2.57 bits per heavy atom. The van der Waals surface area contributed by atoms with Crippen LogP contribution in [-0.2, 0) is 0 Å². The summed E-state index contributed by atoms with van der Waals surface area (Å²) in [5.41, 5.74) is 1.80. The van der Waals surface area contributed by atoms with Crippen LogP contribution >= 0.6 is 0 Å². The Bertz CT molecular complexity index is 1100. The first-order chi connectivity index (χ1) is 14.6. The standard InChI is InChI=1S/C21H21N5O4/c1-30-17-8-4-7-16-19(17)24-18(13-22-16)25-9-11-26(12-10-25)21(29)23-15-6-3-2-5-14(15)20(27)28/h2-8,13H,9-12H2,1H3,(H,23,29)(H,27,28). The molecule has 0 radical (unpaired) electrons. The summed E-state index contributed by atoms with van der Waals surface area (Å²) in [6.07, 6.45) is 1.72. The first kappa shape index (κ1) is 19.4. The number of carbonyl (C=O) groups excluding carboxylic acids is 1. The minimum atomic E-state index is -1.08. The van der Waals surface area contributed by atoms with Crippen molar-refractivity contribution in [2.24, 2.45) is 0 Å². The molecule has 2 aromatic carbocycles. The molecule has 4 rings (SSSR count). The molecule has 1 aromatic heterocycles. The number of aromatic nitrogens is 2. The van der Waals surface area contributed by atoms with Crippen molar-refractivity contribution in [1.29, 1.82) is 0 Å². The Balaban J connectivity index is 1.43. The Kier molecular flexibility index (Phi) is 5.34. The van der Waals surface area contributed by atoms with Gasteiger partial charge in [0, 0.05) is 26.2 Å². The Hall–Kier alpha value is -3.88. The molecule has 2 heterocycles. The molecule has 1 aliphatic rings. The molecule has 1 fully saturated rings. The summed E-state index contributed by atoms with van der Waals surface area (Å²) in [6.45, 7) is 2.13. The smallest absolute Gasteiger partial charge is 0.337 e. The number of piperazine rings is 1. The molecule has 9 nitrogen and oxygen atoms in total. The molecule has 1 aliphatic heterocycles. The van der Waals surface area contributed by atoms with E-state index in [1.54, 1.807) is 36.4 Å². The van der Waals surface area contributed by atoms with Gasteiger partial charge in [0.2, 0.25) is 0 Å². The van der Waals surface area contributed by atoms with Gasteiger partial charge >= 0.3 is 12.0 Å². The number of para-hydroxylation sites is 2. The summed E-state index contributed by atoms with van der Waals surface area (Å²) >= 11 is 0. The number of rotatable bonds is 4. The van der Waals surface area contributed by atoms with Crippen molar-refractivity contribution in [3.05, 3.63) is 54.2 Å². The summed E-state index contributed by atoms with van der Waals surface area (Å²) in [7, 11) is 1.60. The van der Waals surface area contributed by atoms with Gasteiger partial charge in [-0.05, 0) is 24.3 Å². The molecule has 0 aliphatic carbocycles. The van der Waals surface area contributed by atoms with Crippen LogP contribution in [0.25, 0.3) is 11.0 Å². The van der Waals surface area contributed by atoms with E-state index in [0.717, 1.165) is 11.3 Å². The second kappa shape index (κ2) is 8.24. The number of anilines is 2. The number of aromatic carboxylic acids is 1. The fourth-order valence-corrected chi connectivity index (χ4v) is 3.43. The lowest BCUT2D eigenvalue weighted by Crippen LogP contribution is -2.50. The molecule has 0 bridgehead atoms. The highest BCUT2D eigenvalue weighted by Gasteiger charge is 2.23. The highest BCUT2D eigenvalue weighted by molar-refractivity contribution is 6.00. The SMILES string of the molecule is COc1cccc2ncc(N3CCN(C(=O)Nc4ccccc4C(=O)O)CC3)nc12. The summed E-state index contributed by atoms with van der Waals surface area (Å²) < 4.78 is 5.38. The minimum Gasteiger partial charge on any atom is -0.494 e. The molecule has 3 aromatic rings.